The van der Waals surface area contributed by atoms with Crippen LogP contribution in [0.2, 0.25) is 0 Å². The number of nitrogens with zero attached hydrogens (tertiary/aromatic N) is 2. The highest BCUT2D eigenvalue weighted by Gasteiger charge is 2.46. The molecule has 1 aliphatic heterocycles. The lowest BCUT2D eigenvalue weighted by Gasteiger charge is -2.26. The molecule has 15 heteroatoms. The molecule has 1 N–H and O–H groups in total. The maximum atomic E-state index is 11.4. The number of sulfonamides is 2. The first kappa shape index (κ1) is 22.4. The van der Waals surface area contributed by atoms with E-state index in [1.54, 1.807) is 4.90 Å². The number of nitrogens with one attached hydrogen (secondary N) is 1. The van der Waals surface area contributed by atoms with Crippen LogP contribution < -0.4 is 4.90 Å². The molecule has 1 unspecified atom stereocenters. The van der Waals surface area contributed by atoms with Gasteiger partial charge in [-0.25, -0.2) is 16.8 Å². The van der Waals surface area contributed by atoms with Crippen molar-refractivity contribution in [1.82, 2.24) is 4.90 Å². The molecule has 1 saturated heterocycles. The Labute approximate surface area is 129 Å². The Morgan fingerprint density at radius 1 is 0.957 bits per heavy atom. The van der Waals surface area contributed by atoms with Gasteiger partial charge >= 0.3 is 11.0 Å². The predicted octanol–water partition coefficient (Wildman–Crippen LogP) is -0.147. The Balaban J connectivity index is 0.000000502. The summed E-state index contributed by atoms with van der Waals surface area (Å²) in [7, 11) is -9.01. The van der Waals surface area contributed by atoms with Gasteiger partial charge in [0.2, 0.25) is 0 Å². The molecule has 1 rings (SSSR count). The zero-order chi connectivity index (χ0) is 18.7. The maximum absolute atomic E-state index is 11.4. The number of hydrogen-bond acceptors (Lipinski definition) is 5. The third kappa shape index (κ3) is 7.19. The second kappa shape index (κ2) is 7.50. The molecule has 0 saturated carbocycles. The van der Waals surface area contributed by atoms with Gasteiger partial charge in [0.1, 0.15) is 6.67 Å². The number of hydrogen-bond donors (Lipinski definition) is 1. The highest BCUT2D eigenvalue weighted by Crippen LogP contribution is 2.36. The van der Waals surface area contributed by atoms with E-state index in [4.69, 9.17) is 0 Å². The summed E-state index contributed by atoms with van der Waals surface area (Å²) in [5, 5.41) is 0. The SMILES string of the molecule is CN1CCC[NH+](C)C1.O=S(=O)([N-]S(=O)(=O)C(F)(F)F)C(F)(F)F. The van der Waals surface area contributed by atoms with Gasteiger partial charge in [0.15, 0.2) is 20.0 Å². The fourth-order valence-electron chi connectivity index (χ4n) is 1.48. The van der Waals surface area contributed by atoms with E-state index in [1.165, 1.54) is 26.2 Å². The van der Waals surface area contributed by atoms with Crippen LogP contribution in [0.5, 0.6) is 0 Å². The van der Waals surface area contributed by atoms with Gasteiger partial charge in [-0.1, -0.05) is 0 Å². The van der Waals surface area contributed by atoms with Crippen molar-refractivity contribution in [3.63, 3.8) is 0 Å². The molecule has 0 bridgehead atoms. The molecular formula is C8H15F6N3O4S2. The Hall–Kier alpha value is -0.640. The Kier molecular flexibility index (Phi) is 7.29. The third-order valence-corrected chi connectivity index (χ3v) is 5.20. The largest absolute Gasteiger partial charge is 0.480 e. The van der Waals surface area contributed by atoms with Gasteiger partial charge in [0.25, 0.3) is 0 Å². The van der Waals surface area contributed by atoms with Crippen LogP contribution in [0, 0.1) is 0 Å². The topological polar surface area (TPSA) is 90.1 Å². The second-order valence-corrected chi connectivity index (χ2v) is 8.14. The number of alkyl halides is 6. The lowest BCUT2D eigenvalue weighted by molar-refractivity contribution is -0.896. The minimum absolute atomic E-state index is 0.778. The van der Waals surface area contributed by atoms with Crippen molar-refractivity contribution in [3.05, 3.63) is 4.13 Å². The molecule has 0 radical (unpaired) electrons. The normalized spacial score (nSPS) is 21.5. The molecule has 0 amide bonds. The zero-order valence-electron chi connectivity index (χ0n) is 11.9. The monoisotopic (exact) mass is 395 g/mol. The fourth-order valence-corrected chi connectivity index (χ4v) is 3.19. The molecule has 1 atom stereocenters. The summed E-state index contributed by atoms with van der Waals surface area (Å²) in [6.45, 7) is 3.86. The van der Waals surface area contributed by atoms with Crippen LogP contribution in [-0.2, 0) is 20.0 Å². The first-order chi connectivity index (χ1) is 9.99. The maximum Gasteiger partial charge on any atom is 0.480 e. The molecule has 0 aromatic heterocycles. The quantitative estimate of drug-likeness (QED) is 0.657. The lowest BCUT2D eigenvalue weighted by Crippen LogP contribution is -3.11. The molecule has 7 nitrogen and oxygen atoms in total. The van der Waals surface area contributed by atoms with E-state index in [2.05, 4.69) is 19.0 Å². The Bertz CT molecular complexity index is 536. The summed E-state index contributed by atoms with van der Waals surface area (Å²) in [6, 6.07) is 0. The predicted molar refractivity (Wildman–Crippen MR) is 67.2 cm³/mol. The summed E-state index contributed by atoms with van der Waals surface area (Å²) < 4.78 is 109. The molecule has 1 heterocycles. The fraction of sp³-hybridized carbons (Fsp3) is 1.00. The molecule has 0 aromatic carbocycles. The highest BCUT2D eigenvalue weighted by atomic mass is 32.3. The van der Waals surface area contributed by atoms with Crippen molar-refractivity contribution < 1.29 is 48.1 Å². The van der Waals surface area contributed by atoms with E-state index in [-0.39, 0.29) is 0 Å². The van der Waals surface area contributed by atoms with Gasteiger partial charge in [0.05, 0.1) is 13.6 Å². The molecule has 140 valence electrons. The van der Waals surface area contributed by atoms with Crippen molar-refractivity contribution in [2.24, 2.45) is 0 Å². The molecule has 1 aliphatic rings. The first-order valence-electron chi connectivity index (χ1n) is 5.86. The number of halogens is 6. The van der Waals surface area contributed by atoms with Crippen molar-refractivity contribution in [2.45, 2.75) is 17.4 Å². The van der Waals surface area contributed by atoms with E-state index in [0.29, 0.717) is 0 Å². The molecule has 23 heavy (non-hydrogen) atoms. The van der Waals surface area contributed by atoms with Crippen molar-refractivity contribution in [1.29, 1.82) is 0 Å². The van der Waals surface area contributed by atoms with Gasteiger partial charge in [-0.2, -0.15) is 26.3 Å². The van der Waals surface area contributed by atoms with Crippen LogP contribution in [0.4, 0.5) is 26.3 Å². The summed E-state index contributed by atoms with van der Waals surface area (Å²) >= 11 is 0. The molecule has 0 aromatic rings. The number of rotatable bonds is 2. The van der Waals surface area contributed by atoms with E-state index < -0.39 is 31.1 Å². The summed E-state index contributed by atoms with van der Waals surface area (Å²) in [6.07, 6.45) is 1.36. The van der Waals surface area contributed by atoms with Gasteiger partial charge in [-0.05, 0) is 7.05 Å². The van der Waals surface area contributed by atoms with Gasteiger partial charge < -0.3 is 9.03 Å². The average Bonchev–Trinajstić information content (AvgIpc) is 2.24. The van der Waals surface area contributed by atoms with E-state index >= 15 is 0 Å². The smallest absolute Gasteiger partial charge is 0.421 e. The van der Waals surface area contributed by atoms with Gasteiger partial charge in [-0.15, -0.1) is 0 Å². The van der Waals surface area contributed by atoms with Crippen LogP contribution in [0.3, 0.4) is 0 Å². The van der Waals surface area contributed by atoms with Gasteiger partial charge in [0, 0.05) is 13.0 Å². The first-order valence-corrected chi connectivity index (χ1v) is 8.74. The minimum atomic E-state index is -6.72. The summed E-state index contributed by atoms with van der Waals surface area (Å²) in [5.41, 5.74) is -12.4. The van der Waals surface area contributed by atoms with Crippen molar-refractivity contribution in [2.75, 3.05) is 33.9 Å². The summed E-state index contributed by atoms with van der Waals surface area (Å²) in [4.78, 5) is 4.01. The van der Waals surface area contributed by atoms with Crippen molar-refractivity contribution >= 4 is 20.0 Å². The van der Waals surface area contributed by atoms with Crippen LogP contribution >= 0.6 is 0 Å². The van der Waals surface area contributed by atoms with E-state index in [9.17, 15) is 43.2 Å². The Morgan fingerprint density at radius 2 is 1.35 bits per heavy atom. The second-order valence-electron chi connectivity index (χ2n) is 4.71. The highest BCUT2D eigenvalue weighted by molar-refractivity contribution is 8.13. The number of quaternary nitrogens is 1. The summed E-state index contributed by atoms with van der Waals surface area (Å²) in [5.74, 6) is 0. The molecular weight excluding hydrogens is 380 g/mol. The standard InChI is InChI=1S/C6H14N2.C2F6NO4S2/c1-7-4-3-5-8(2)6-7;3-1(4,5)14(10,11)9-15(12,13)2(6,7)8/h3-6H2,1-2H3;/q;-1/p+1. The minimum Gasteiger partial charge on any atom is -0.421 e. The van der Waals surface area contributed by atoms with Crippen LogP contribution in [0.15, 0.2) is 0 Å². The van der Waals surface area contributed by atoms with Crippen LogP contribution in [0.25, 0.3) is 4.13 Å². The molecule has 1 fully saturated rings. The van der Waals surface area contributed by atoms with E-state index in [0.717, 1.165) is 4.13 Å². The van der Waals surface area contributed by atoms with Crippen molar-refractivity contribution in [3.8, 4) is 0 Å². The van der Waals surface area contributed by atoms with Crippen LogP contribution in [-0.4, -0.2) is 66.6 Å². The lowest BCUT2D eigenvalue weighted by atomic mass is 10.3. The molecule has 0 aliphatic carbocycles. The van der Waals surface area contributed by atoms with Crippen LogP contribution in [0.1, 0.15) is 6.42 Å². The Morgan fingerprint density at radius 3 is 1.57 bits per heavy atom. The van der Waals surface area contributed by atoms with E-state index in [1.807, 2.05) is 0 Å². The zero-order valence-corrected chi connectivity index (χ0v) is 13.6. The third-order valence-electron chi connectivity index (χ3n) is 2.46. The van der Waals surface area contributed by atoms with Gasteiger partial charge in [-0.3, -0.25) is 4.90 Å². The average molecular weight is 395 g/mol. The molecule has 0 spiro atoms.